The molecular formula is C24H24F3N5O3. The highest BCUT2D eigenvalue weighted by atomic mass is 19.4. The van der Waals surface area contributed by atoms with Gasteiger partial charge < -0.3 is 10.1 Å². The number of aromatic nitrogens is 2. The van der Waals surface area contributed by atoms with Crippen LogP contribution in [0, 0.1) is 0 Å². The number of imidazole rings is 1. The van der Waals surface area contributed by atoms with Gasteiger partial charge >= 0.3 is 6.18 Å². The number of anilines is 2. The van der Waals surface area contributed by atoms with Gasteiger partial charge in [0.25, 0.3) is 5.91 Å². The summed E-state index contributed by atoms with van der Waals surface area (Å²) in [5.41, 5.74) is 0.593. The molecule has 2 aromatic carbocycles. The Kier molecular flexibility index (Phi) is 6.20. The van der Waals surface area contributed by atoms with E-state index in [2.05, 4.69) is 15.2 Å². The first-order valence-corrected chi connectivity index (χ1v) is 11.4. The first-order valence-electron chi connectivity index (χ1n) is 11.4. The Morgan fingerprint density at radius 1 is 1.09 bits per heavy atom. The molecule has 2 aliphatic heterocycles. The van der Waals surface area contributed by atoms with Gasteiger partial charge in [0, 0.05) is 31.9 Å². The van der Waals surface area contributed by atoms with Crippen molar-refractivity contribution < 1.29 is 27.5 Å². The number of carbonyl (C=O) groups is 2. The number of nitrogens with zero attached hydrogens (tertiary/aromatic N) is 4. The van der Waals surface area contributed by atoms with Crippen LogP contribution in [0.5, 0.6) is 0 Å². The van der Waals surface area contributed by atoms with Crippen LogP contribution < -0.4 is 10.2 Å². The summed E-state index contributed by atoms with van der Waals surface area (Å²) in [5.74, 6) is -0.339. The number of halogens is 3. The third kappa shape index (κ3) is 4.73. The highest BCUT2D eigenvalue weighted by Gasteiger charge is 2.41. The summed E-state index contributed by atoms with van der Waals surface area (Å²) < 4.78 is 46.2. The number of alkyl halides is 3. The zero-order valence-corrected chi connectivity index (χ0v) is 18.8. The molecule has 0 aliphatic carbocycles. The van der Waals surface area contributed by atoms with Crippen molar-refractivity contribution >= 4 is 34.5 Å². The average molecular weight is 487 g/mol. The van der Waals surface area contributed by atoms with Gasteiger partial charge in [-0.1, -0.05) is 18.2 Å². The van der Waals surface area contributed by atoms with E-state index in [9.17, 15) is 22.8 Å². The van der Waals surface area contributed by atoms with Crippen molar-refractivity contribution in [3.63, 3.8) is 0 Å². The number of morpholine rings is 1. The van der Waals surface area contributed by atoms with Gasteiger partial charge in [-0.3, -0.25) is 24.0 Å². The largest absolute Gasteiger partial charge is 0.416 e. The molecular weight excluding hydrogens is 463 g/mol. The van der Waals surface area contributed by atoms with Crippen molar-refractivity contribution in [1.29, 1.82) is 0 Å². The van der Waals surface area contributed by atoms with Crippen LogP contribution in [0.25, 0.3) is 11.0 Å². The normalized spacial score (nSPS) is 18.8. The van der Waals surface area contributed by atoms with Crippen LogP contribution in [0.15, 0.2) is 48.5 Å². The van der Waals surface area contributed by atoms with Crippen LogP contribution in [0.3, 0.4) is 0 Å². The molecule has 1 N–H and O–H groups in total. The molecule has 2 amide bonds. The van der Waals surface area contributed by atoms with Gasteiger partial charge in [-0.2, -0.15) is 13.2 Å². The molecule has 11 heteroatoms. The Labute approximate surface area is 199 Å². The molecule has 0 radical (unpaired) electrons. The Bertz CT molecular complexity index is 1250. The second-order valence-corrected chi connectivity index (χ2v) is 8.56. The van der Waals surface area contributed by atoms with E-state index in [0.29, 0.717) is 37.8 Å². The third-order valence-electron chi connectivity index (χ3n) is 6.28. The summed E-state index contributed by atoms with van der Waals surface area (Å²) in [7, 11) is 0. The van der Waals surface area contributed by atoms with Crippen LogP contribution >= 0.6 is 0 Å². The summed E-state index contributed by atoms with van der Waals surface area (Å²) in [4.78, 5) is 34.7. The Hall–Kier alpha value is -3.44. The lowest BCUT2D eigenvalue weighted by molar-refractivity contribution is -0.137. The minimum Gasteiger partial charge on any atom is -0.379 e. The lowest BCUT2D eigenvalue weighted by Gasteiger charge is -2.28. The van der Waals surface area contributed by atoms with Gasteiger partial charge in [0.2, 0.25) is 11.9 Å². The van der Waals surface area contributed by atoms with E-state index in [-0.39, 0.29) is 18.0 Å². The molecule has 1 saturated heterocycles. The molecule has 35 heavy (non-hydrogen) atoms. The predicted octanol–water partition coefficient (Wildman–Crippen LogP) is 3.30. The summed E-state index contributed by atoms with van der Waals surface area (Å²) in [6.45, 7) is 3.90. The lowest BCUT2D eigenvalue weighted by atomic mass is 10.1. The molecule has 3 aromatic rings. The maximum atomic E-state index is 13.4. The molecule has 1 unspecified atom stereocenters. The fourth-order valence-electron chi connectivity index (χ4n) is 4.53. The molecule has 3 heterocycles. The minimum atomic E-state index is -4.52. The molecule has 5 rings (SSSR count). The maximum Gasteiger partial charge on any atom is 0.416 e. The highest BCUT2D eigenvalue weighted by Crippen LogP contribution is 2.37. The Morgan fingerprint density at radius 2 is 1.86 bits per heavy atom. The molecule has 8 nitrogen and oxygen atoms in total. The molecule has 0 bridgehead atoms. The Morgan fingerprint density at radius 3 is 2.63 bits per heavy atom. The number of nitrogens with one attached hydrogen (secondary N) is 1. The van der Waals surface area contributed by atoms with Gasteiger partial charge in [-0.15, -0.1) is 0 Å². The van der Waals surface area contributed by atoms with E-state index in [1.165, 1.54) is 12.1 Å². The second-order valence-electron chi connectivity index (χ2n) is 8.56. The van der Waals surface area contributed by atoms with E-state index in [4.69, 9.17) is 4.74 Å². The fourth-order valence-corrected chi connectivity index (χ4v) is 4.53. The van der Waals surface area contributed by atoms with E-state index < -0.39 is 23.7 Å². The fraction of sp³-hybridized carbons (Fsp3) is 0.375. The number of benzene rings is 2. The summed E-state index contributed by atoms with van der Waals surface area (Å²) in [6, 6.07) is 10.9. The molecule has 0 spiro atoms. The van der Waals surface area contributed by atoms with Crippen LogP contribution in [0.2, 0.25) is 0 Å². The number of rotatable bonds is 6. The van der Waals surface area contributed by atoms with Crippen molar-refractivity contribution in [2.45, 2.75) is 18.6 Å². The first-order chi connectivity index (χ1) is 16.8. The van der Waals surface area contributed by atoms with Crippen molar-refractivity contribution in [3.05, 3.63) is 54.1 Å². The van der Waals surface area contributed by atoms with Crippen LogP contribution in [-0.2, 0) is 20.5 Å². The Balaban J connectivity index is 1.37. The van der Waals surface area contributed by atoms with Crippen molar-refractivity contribution in [3.8, 4) is 0 Å². The molecule has 1 fully saturated rings. The number of para-hydroxylation sites is 2. The standard InChI is InChI=1S/C24H24F3N5O3/c25-24(26,27)16-4-3-5-17(14-16)28-21(33)15-20-22(34)31(9-8-30-10-12-35-13-11-30)23-29-18-6-1-2-7-19(18)32(20)23/h1-7,14,20H,8-13,15H2,(H,28,33). The van der Waals surface area contributed by atoms with Crippen LogP contribution in [0.4, 0.5) is 24.8 Å². The van der Waals surface area contributed by atoms with E-state index in [0.717, 1.165) is 30.7 Å². The first kappa shape index (κ1) is 23.3. The van der Waals surface area contributed by atoms with Gasteiger partial charge in [-0.25, -0.2) is 4.98 Å². The second kappa shape index (κ2) is 9.31. The van der Waals surface area contributed by atoms with Gasteiger partial charge in [0.05, 0.1) is 36.2 Å². The van der Waals surface area contributed by atoms with Gasteiger partial charge in [-0.05, 0) is 30.3 Å². The van der Waals surface area contributed by atoms with Crippen molar-refractivity contribution in [1.82, 2.24) is 14.5 Å². The number of carbonyl (C=O) groups excluding carboxylic acids is 2. The highest BCUT2D eigenvalue weighted by molar-refractivity contribution is 6.05. The lowest BCUT2D eigenvalue weighted by Crippen LogP contribution is -2.42. The van der Waals surface area contributed by atoms with E-state index in [1.807, 2.05) is 24.3 Å². The quantitative estimate of drug-likeness (QED) is 0.577. The van der Waals surface area contributed by atoms with E-state index in [1.54, 1.807) is 9.47 Å². The predicted molar refractivity (Wildman–Crippen MR) is 123 cm³/mol. The topological polar surface area (TPSA) is 79.7 Å². The average Bonchev–Trinajstić information content (AvgIpc) is 3.32. The maximum absolute atomic E-state index is 13.4. The third-order valence-corrected chi connectivity index (χ3v) is 6.28. The number of amides is 2. The molecule has 2 aliphatic rings. The number of fused-ring (bicyclic) bond motifs is 3. The zero-order chi connectivity index (χ0) is 24.6. The SMILES string of the molecule is O=C(CC1C(=O)N(CCN2CCOCC2)c2nc3ccccc3n21)Nc1cccc(C(F)(F)F)c1. The van der Waals surface area contributed by atoms with Gasteiger partial charge in [0.15, 0.2) is 0 Å². The number of ether oxygens (including phenoxy) is 1. The van der Waals surface area contributed by atoms with Crippen LogP contribution in [0.1, 0.15) is 18.0 Å². The monoisotopic (exact) mass is 487 g/mol. The minimum absolute atomic E-state index is 0.0233. The summed E-state index contributed by atoms with van der Waals surface area (Å²) in [5, 5.41) is 2.51. The smallest absolute Gasteiger partial charge is 0.379 e. The molecule has 1 atom stereocenters. The molecule has 0 saturated carbocycles. The molecule has 184 valence electrons. The van der Waals surface area contributed by atoms with Crippen LogP contribution in [-0.4, -0.2) is 65.7 Å². The molecule has 1 aromatic heterocycles. The van der Waals surface area contributed by atoms with Crippen molar-refractivity contribution in [2.75, 3.05) is 49.6 Å². The zero-order valence-electron chi connectivity index (χ0n) is 18.8. The van der Waals surface area contributed by atoms with Gasteiger partial charge in [0.1, 0.15) is 6.04 Å². The van der Waals surface area contributed by atoms with E-state index >= 15 is 0 Å². The number of hydrogen-bond acceptors (Lipinski definition) is 5. The summed E-state index contributed by atoms with van der Waals surface area (Å²) >= 11 is 0. The van der Waals surface area contributed by atoms with Crippen molar-refractivity contribution in [2.24, 2.45) is 0 Å². The summed E-state index contributed by atoms with van der Waals surface area (Å²) in [6.07, 6.45) is -4.75. The number of hydrogen-bond donors (Lipinski definition) is 1.